The molecule has 0 fully saturated rings. The zero-order valence-corrected chi connectivity index (χ0v) is 11.7. The van der Waals surface area contributed by atoms with E-state index in [-0.39, 0.29) is 11.6 Å². The fraction of sp³-hybridized carbons (Fsp3) is 0. The summed E-state index contributed by atoms with van der Waals surface area (Å²) in [5.74, 6) is 0.778. The molecule has 1 aromatic heterocycles. The third kappa shape index (κ3) is 3.20. The molecule has 0 N–H and O–H groups in total. The molecular formula is C19H13FO2. The summed E-state index contributed by atoms with van der Waals surface area (Å²) in [6.07, 6.45) is 3.03. The van der Waals surface area contributed by atoms with Crippen LogP contribution in [-0.2, 0) is 0 Å². The van der Waals surface area contributed by atoms with Crippen molar-refractivity contribution in [2.24, 2.45) is 0 Å². The van der Waals surface area contributed by atoms with Gasteiger partial charge in [0, 0.05) is 11.1 Å². The molecular weight excluding hydrogens is 279 g/mol. The van der Waals surface area contributed by atoms with Crippen LogP contribution in [0.2, 0.25) is 0 Å². The second kappa shape index (κ2) is 6.22. The Morgan fingerprint density at radius 3 is 2.36 bits per heavy atom. The quantitative estimate of drug-likeness (QED) is 0.501. The summed E-state index contributed by atoms with van der Waals surface area (Å²) < 4.78 is 18.5. The minimum absolute atomic E-state index is 0.197. The molecule has 0 saturated carbocycles. The Kier molecular flexibility index (Phi) is 3.97. The van der Waals surface area contributed by atoms with Gasteiger partial charge in [-0.2, -0.15) is 0 Å². The summed E-state index contributed by atoms with van der Waals surface area (Å²) in [6, 6.07) is 18.8. The molecule has 0 atom stereocenters. The standard InChI is InChI=1S/C19H13FO2/c20-16-8-6-14(7-9-16)18(21)12-10-17-11-13-19(22-17)15-4-2-1-3-5-15/h1-13H/b12-10+. The summed E-state index contributed by atoms with van der Waals surface area (Å²) in [6.45, 7) is 0. The van der Waals surface area contributed by atoms with Gasteiger partial charge in [-0.25, -0.2) is 4.39 Å². The van der Waals surface area contributed by atoms with Crippen molar-refractivity contribution >= 4 is 11.9 Å². The van der Waals surface area contributed by atoms with E-state index >= 15 is 0 Å². The van der Waals surface area contributed by atoms with E-state index in [1.807, 2.05) is 36.4 Å². The summed E-state index contributed by atoms with van der Waals surface area (Å²) in [7, 11) is 0. The van der Waals surface area contributed by atoms with Gasteiger partial charge in [-0.3, -0.25) is 4.79 Å². The van der Waals surface area contributed by atoms with Crippen molar-refractivity contribution in [2.45, 2.75) is 0 Å². The third-order valence-electron chi connectivity index (χ3n) is 3.21. The van der Waals surface area contributed by atoms with Gasteiger partial charge in [0.05, 0.1) is 0 Å². The molecule has 0 saturated heterocycles. The molecule has 0 spiro atoms. The fourth-order valence-electron chi connectivity index (χ4n) is 2.07. The average Bonchev–Trinajstić information content (AvgIpc) is 3.03. The summed E-state index contributed by atoms with van der Waals surface area (Å²) >= 11 is 0. The summed E-state index contributed by atoms with van der Waals surface area (Å²) in [5, 5.41) is 0. The number of ketones is 1. The lowest BCUT2D eigenvalue weighted by Gasteiger charge is -1.95. The molecule has 3 rings (SSSR count). The van der Waals surface area contributed by atoms with E-state index in [1.54, 1.807) is 12.1 Å². The van der Waals surface area contributed by atoms with Crippen LogP contribution in [0.15, 0.2) is 77.2 Å². The molecule has 0 aliphatic carbocycles. The maximum atomic E-state index is 12.8. The molecule has 22 heavy (non-hydrogen) atoms. The molecule has 1 heterocycles. The van der Waals surface area contributed by atoms with Gasteiger partial charge >= 0.3 is 0 Å². The van der Waals surface area contributed by atoms with Crippen molar-refractivity contribution in [3.05, 3.63) is 89.9 Å². The lowest BCUT2D eigenvalue weighted by Crippen LogP contribution is -1.93. The topological polar surface area (TPSA) is 30.2 Å². The van der Waals surface area contributed by atoms with E-state index in [4.69, 9.17) is 4.42 Å². The van der Waals surface area contributed by atoms with Gasteiger partial charge in [0.15, 0.2) is 5.78 Å². The van der Waals surface area contributed by atoms with Crippen LogP contribution >= 0.6 is 0 Å². The monoisotopic (exact) mass is 292 g/mol. The largest absolute Gasteiger partial charge is 0.457 e. The van der Waals surface area contributed by atoms with Crippen LogP contribution in [0, 0.1) is 5.82 Å². The zero-order valence-electron chi connectivity index (χ0n) is 11.7. The highest BCUT2D eigenvalue weighted by Gasteiger charge is 2.04. The number of allylic oxidation sites excluding steroid dienone is 1. The van der Waals surface area contributed by atoms with Crippen molar-refractivity contribution in [2.75, 3.05) is 0 Å². The van der Waals surface area contributed by atoms with Gasteiger partial charge in [-0.1, -0.05) is 30.3 Å². The Hall–Kier alpha value is -2.94. The number of benzene rings is 2. The van der Waals surface area contributed by atoms with Crippen LogP contribution in [0.3, 0.4) is 0 Å². The van der Waals surface area contributed by atoms with E-state index in [0.29, 0.717) is 11.3 Å². The number of carbonyl (C=O) groups excluding carboxylic acids is 1. The highest BCUT2D eigenvalue weighted by atomic mass is 19.1. The minimum Gasteiger partial charge on any atom is -0.457 e. The molecule has 0 aliphatic rings. The van der Waals surface area contributed by atoms with E-state index < -0.39 is 0 Å². The molecule has 0 unspecified atom stereocenters. The number of hydrogen-bond acceptors (Lipinski definition) is 2. The summed E-state index contributed by atoms with van der Waals surface area (Å²) in [5.41, 5.74) is 1.42. The highest BCUT2D eigenvalue weighted by molar-refractivity contribution is 6.06. The lowest BCUT2D eigenvalue weighted by molar-refractivity contribution is 0.104. The molecule has 3 heteroatoms. The Labute approximate surface area is 127 Å². The van der Waals surface area contributed by atoms with Crippen LogP contribution in [0.4, 0.5) is 4.39 Å². The van der Waals surface area contributed by atoms with Gasteiger partial charge < -0.3 is 4.42 Å². The first-order chi connectivity index (χ1) is 10.7. The molecule has 2 nitrogen and oxygen atoms in total. The average molecular weight is 292 g/mol. The Bertz CT molecular complexity index is 799. The third-order valence-corrected chi connectivity index (χ3v) is 3.21. The second-order valence-electron chi connectivity index (χ2n) is 4.77. The Morgan fingerprint density at radius 1 is 0.909 bits per heavy atom. The molecule has 0 radical (unpaired) electrons. The number of halogens is 1. The van der Waals surface area contributed by atoms with Crippen molar-refractivity contribution < 1.29 is 13.6 Å². The van der Waals surface area contributed by atoms with E-state index in [2.05, 4.69) is 0 Å². The molecule has 0 aliphatic heterocycles. The van der Waals surface area contributed by atoms with E-state index in [1.165, 1.54) is 30.3 Å². The maximum Gasteiger partial charge on any atom is 0.185 e. The van der Waals surface area contributed by atoms with Crippen LogP contribution in [-0.4, -0.2) is 5.78 Å². The first-order valence-corrected chi connectivity index (χ1v) is 6.85. The van der Waals surface area contributed by atoms with Gasteiger partial charge in [0.2, 0.25) is 0 Å². The first kappa shape index (κ1) is 14.0. The Morgan fingerprint density at radius 2 is 1.64 bits per heavy atom. The Balaban J connectivity index is 1.75. The second-order valence-corrected chi connectivity index (χ2v) is 4.77. The van der Waals surface area contributed by atoms with Crippen LogP contribution in [0.5, 0.6) is 0 Å². The minimum atomic E-state index is -0.362. The van der Waals surface area contributed by atoms with Gasteiger partial charge in [-0.15, -0.1) is 0 Å². The lowest BCUT2D eigenvalue weighted by atomic mass is 10.1. The fourth-order valence-corrected chi connectivity index (χ4v) is 2.07. The number of hydrogen-bond donors (Lipinski definition) is 0. The van der Waals surface area contributed by atoms with E-state index in [0.717, 1.165) is 11.3 Å². The van der Waals surface area contributed by atoms with Gasteiger partial charge in [0.25, 0.3) is 0 Å². The van der Waals surface area contributed by atoms with Crippen molar-refractivity contribution in [1.82, 2.24) is 0 Å². The smallest absolute Gasteiger partial charge is 0.185 e. The van der Waals surface area contributed by atoms with Gasteiger partial charge in [0.1, 0.15) is 17.3 Å². The molecule has 2 aromatic carbocycles. The van der Waals surface area contributed by atoms with Crippen molar-refractivity contribution in [3.8, 4) is 11.3 Å². The van der Waals surface area contributed by atoms with Crippen molar-refractivity contribution in [1.29, 1.82) is 0 Å². The highest BCUT2D eigenvalue weighted by Crippen LogP contribution is 2.22. The van der Waals surface area contributed by atoms with Crippen LogP contribution in [0.25, 0.3) is 17.4 Å². The molecule has 0 bridgehead atoms. The van der Waals surface area contributed by atoms with Crippen LogP contribution in [0.1, 0.15) is 16.1 Å². The maximum absolute atomic E-state index is 12.8. The summed E-state index contributed by atoms with van der Waals surface area (Å²) in [4.78, 5) is 12.0. The zero-order chi connectivity index (χ0) is 15.4. The SMILES string of the molecule is O=C(/C=C/c1ccc(-c2ccccc2)o1)c1ccc(F)cc1. The van der Waals surface area contributed by atoms with Crippen molar-refractivity contribution in [3.63, 3.8) is 0 Å². The van der Waals surface area contributed by atoms with Crippen LogP contribution < -0.4 is 0 Å². The first-order valence-electron chi connectivity index (χ1n) is 6.85. The number of carbonyl (C=O) groups is 1. The van der Waals surface area contributed by atoms with E-state index in [9.17, 15) is 9.18 Å². The molecule has 3 aromatic rings. The molecule has 108 valence electrons. The predicted molar refractivity (Wildman–Crippen MR) is 83.9 cm³/mol. The predicted octanol–water partition coefficient (Wildman–Crippen LogP) is 4.98. The normalized spacial score (nSPS) is 11.0. The molecule has 0 amide bonds. The number of rotatable bonds is 4. The number of furan rings is 1. The van der Waals surface area contributed by atoms with Gasteiger partial charge in [-0.05, 0) is 48.6 Å².